The summed E-state index contributed by atoms with van der Waals surface area (Å²) in [4.78, 5) is 2.68. The van der Waals surface area contributed by atoms with Gasteiger partial charge in [-0.15, -0.1) is 0 Å². The molecule has 2 aliphatic rings. The molecule has 3 heteroatoms. The van der Waals surface area contributed by atoms with E-state index in [1.807, 2.05) is 7.11 Å². The van der Waals surface area contributed by atoms with E-state index < -0.39 is 0 Å². The summed E-state index contributed by atoms with van der Waals surface area (Å²) in [5.41, 5.74) is 0. The van der Waals surface area contributed by atoms with Gasteiger partial charge in [0.2, 0.25) is 0 Å². The SMILES string of the molecule is COCCN(C(C)CCCNC1CC1)C(C)C1CC1. The highest BCUT2D eigenvalue weighted by atomic mass is 16.5. The Morgan fingerprint density at radius 1 is 1.21 bits per heavy atom. The van der Waals surface area contributed by atoms with Crippen molar-refractivity contribution in [2.75, 3.05) is 26.8 Å². The molecule has 1 N–H and O–H groups in total. The van der Waals surface area contributed by atoms with Gasteiger partial charge in [-0.2, -0.15) is 0 Å². The van der Waals surface area contributed by atoms with Gasteiger partial charge < -0.3 is 10.1 Å². The lowest BCUT2D eigenvalue weighted by Gasteiger charge is -2.35. The van der Waals surface area contributed by atoms with Crippen LogP contribution in [-0.2, 0) is 4.74 Å². The Morgan fingerprint density at radius 2 is 1.95 bits per heavy atom. The highest BCUT2D eigenvalue weighted by Gasteiger charge is 2.33. The second-order valence-corrected chi connectivity index (χ2v) is 6.53. The van der Waals surface area contributed by atoms with Crippen LogP contribution in [0.15, 0.2) is 0 Å². The van der Waals surface area contributed by atoms with Crippen molar-refractivity contribution in [3.05, 3.63) is 0 Å². The molecule has 2 rings (SSSR count). The third-order valence-corrected chi connectivity index (χ3v) is 4.76. The molecule has 2 atom stereocenters. The lowest BCUT2D eigenvalue weighted by atomic mass is 10.1. The maximum absolute atomic E-state index is 5.28. The topological polar surface area (TPSA) is 24.5 Å². The van der Waals surface area contributed by atoms with Crippen LogP contribution in [0.5, 0.6) is 0 Å². The number of rotatable bonds is 11. The van der Waals surface area contributed by atoms with E-state index in [1.165, 1.54) is 45.1 Å². The maximum atomic E-state index is 5.28. The average molecular weight is 268 g/mol. The van der Waals surface area contributed by atoms with Crippen molar-refractivity contribution < 1.29 is 4.74 Å². The minimum absolute atomic E-state index is 0.687. The fourth-order valence-corrected chi connectivity index (χ4v) is 3.03. The van der Waals surface area contributed by atoms with E-state index in [2.05, 4.69) is 24.1 Å². The molecule has 3 nitrogen and oxygen atoms in total. The Kier molecular flexibility index (Phi) is 6.11. The van der Waals surface area contributed by atoms with Crippen molar-refractivity contribution in [2.45, 2.75) is 70.5 Å². The minimum atomic E-state index is 0.687. The molecule has 2 saturated carbocycles. The van der Waals surface area contributed by atoms with Gasteiger partial charge in [-0.3, -0.25) is 4.90 Å². The van der Waals surface area contributed by atoms with E-state index in [1.54, 1.807) is 0 Å². The Morgan fingerprint density at radius 3 is 2.53 bits per heavy atom. The molecule has 0 aromatic rings. The summed E-state index contributed by atoms with van der Waals surface area (Å²) < 4.78 is 5.28. The van der Waals surface area contributed by atoms with Gasteiger partial charge in [0, 0.05) is 31.8 Å². The number of hydrogen-bond acceptors (Lipinski definition) is 3. The lowest BCUT2D eigenvalue weighted by molar-refractivity contribution is 0.0832. The molecule has 0 aromatic heterocycles. The van der Waals surface area contributed by atoms with Crippen molar-refractivity contribution >= 4 is 0 Å². The van der Waals surface area contributed by atoms with E-state index in [9.17, 15) is 0 Å². The van der Waals surface area contributed by atoms with Gasteiger partial charge in [0.25, 0.3) is 0 Å². The first-order valence-corrected chi connectivity index (χ1v) is 8.20. The van der Waals surface area contributed by atoms with Crippen LogP contribution in [0.2, 0.25) is 0 Å². The molecule has 0 bridgehead atoms. The van der Waals surface area contributed by atoms with E-state index in [0.29, 0.717) is 6.04 Å². The average Bonchev–Trinajstić information content (AvgIpc) is 3.28. The van der Waals surface area contributed by atoms with Crippen LogP contribution < -0.4 is 5.32 Å². The summed E-state index contributed by atoms with van der Waals surface area (Å²) in [6, 6.07) is 2.28. The zero-order chi connectivity index (χ0) is 13.7. The van der Waals surface area contributed by atoms with E-state index in [-0.39, 0.29) is 0 Å². The smallest absolute Gasteiger partial charge is 0.0589 e. The minimum Gasteiger partial charge on any atom is -0.383 e. The summed E-state index contributed by atoms with van der Waals surface area (Å²) >= 11 is 0. The van der Waals surface area contributed by atoms with Crippen LogP contribution in [-0.4, -0.2) is 49.8 Å². The molecule has 19 heavy (non-hydrogen) atoms. The van der Waals surface area contributed by atoms with Gasteiger partial charge in [0.05, 0.1) is 6.61 Å². The number of nitrogens with zero attached hydrogens (tertiary/aromatic N) is 1. The number of methoxy groups -OCH3 is 1. The molecule has 0 radical (unpaired) electrons. The fraction of sp³-hybridized carbons (Fsp3) is 1.00. The number of ether oxygens (including phenoxy) is 1. The van der Waals surface area contributed by atoms with Gasteiger partial charge >= 0.3 is 0 Å². The summed E-state index contributed by atoms with van der Waals surface area (Å²) in [6.45, 7) is 7.95. The third-order valence-electron chi connectivity index (χ3n) is 4.76. The Balaban J connectivity index is 1.67. The molecule has 2 fully saturated rings. The Labute approximate surface area is 119 Å². The van der Waals surface area contributed by atoms with Crippen LogP contribution >= 0.6 is 0 Å². The highest BCUT2D eigenvalue weighted by Crippen LogP contribution is 2.36. The first-order valence-electron chi connectivity index (χ1n) is 8.20. The Hall–Kier alpha value is -0.120. The first kappa shape index (κ1) is 15.3. The van der Waals surface area contributed by atoms with E-state index in [0.717, 1.165) is 31.2 Å². The molecule has 0 heterocycles. The van der Waals surface area contributed by atoms with Crippen molar-refractivity contribution in [1.82, 2.24) is 10.2 Å². The van der Waals surface area contributed by atoms with Crippen LogP contribution in [0.1, 0.15) is 52.4 Å². The number of nitrogens with one attached hydrogen (secondary N) is 1. The molecular formula is C16H32N2O. The molecule has 0 aromatic carbocycles. The van der Waals surface area contributed by atoms with E-state index >= 15 is 0 Å². The molecule has 0 saturated heterocycles. The molecule has 0 aliphatic heterocycles. The summed E-state index contributed by atoms with van der Waals surface area (Å²) in [5, 5.41) is 3.62. The summed E-state index contributed by atoms with van der Waals surface area (Å²) in [7, 11) is 1.81. The molecule has 2 aliphatic carbocycles. The van der Waals surface area contributed by atoms with Gasteiger partial charge in [0.1, 0.15) is 0 Å². The van der Waals surface area contributed by atoms with E-state index in [4.69, 9.17) is 4.74 Å². The highest BCUT2D eigenvalue weighted by molar-refractivity contribution is 4.87. The zero-order valence-electron chi connectivity index (χ0n) is 13.0. The first-order chi connectivity index (χ1) is 9.22. The molecule has 112 valence electrons. The van der Waals surface area contributed by atoms with Crippen LogP contribution in [0.4, 0.5) is 0 Å². The number of hydrogen-bond donors (Lipinski definition) is 1. The third kappa shape index (κ3) is 5.41. The summed E-state index contributed by atoms with van der Waals surface area (Å²) in [5.74, 6) is 0.948. The van der Waals surface area contributed by atoms with Gasteiger partial charge in [-0.1, -0.05) is 0 Å². The van der Waals surface area contributed by atoms with Crippen LogP contribution in [0, 0.1) is 5.92 Å². The van der Waals surface area contributed by atoms with Crippen molar-refractivity contribution in [1.29, 1.82) is 0 Å². The predicted molar refractivity (Wildman–Crippen MR) is 80.5 cm³/mol. The van der Waals surface area contributed by atoms with Crippen molar-refractivity contribution in [3.63, 3.8) is 0 Å². The van der Waals surface area contributed by atoms with Gasteiger partial charge in [-0.25, -0.2) is 0 Å². The quantitative estimate of drug-likeness (QED) is 0.583. The predicted octanol–water partition coefficient (Wildman–Crippen LogP) is 2.65. The van der Waals surface area contributed by atoms with Gasteiger partial charge in [-0.05, 0) is 64.8 Å². The maximum Gasteiger partial charge on any atom is 0.0589 e. The summed E-state index contributed by atoms with van der Waals surface area (Å²) in [6.07, 6.45) is 8.27. The van der Waals surface area contributed by atoms with Crippen LogP contribution in [0.3, 0.4) is 0 Å². The van der Waals surface area contributed by atoms with Crippen molar-refractivity contribution in [3.8, 4) is 0 Å². The second-order valence-electron chi connectivity index (χ2n) is 6.53. The fourth-order valence-electron chi connectivity index (χ4n) is 3.03. The van der Waals surface area contributed by atoms with Gasteiger partial charge in [0.15, 0.2) is 0 Å². The lowest BCUT2D eigenvalue weighted by Crippen LogP contribution is -2.43. The molecule has 0 amide bonds. The second kappa shape index (κ2) is 7.61. The molecule has 0 spiro atoms. The molecule has 2 unspecified atom stereocenters. The van der Waals surface area contributed by atoms with Crippen LogP contribution in [0.25, 0.3) is 0 Å². The largest absolute Gasteiger partial charge is 0.383 e. The zero-order valence-corrected chi connectivity index (χ0v) is 13.0. The molecular weight excluding hydrogens is 236 g/mol. The van der Waals surface area contributed by atoms with Crippen molar-refractivity contribution in [2.24, 2.45) is 5.92 Å². The Bertz CT molecular complexity index is 251. The normalized spacial score (nSPS) is 22.7. The monoisotopic (exact) mass is 268 g/mol. The standard InChI is InChI=1S/C16H32N2O/c1-13(5-4-10-17-16-8-9-16)18(11-12-19-3)14(2)15-6-7-15/h13-17H,4-12H2,1-3H3.